The number of nitrogens with zero attached hydrogens (tertiary/aromatic N) is 1. The van der Waals surface area contributed by atoms with Crippen LogP contribution in [0.5, 0.6) is 0 Å². The minimum Gasteiger partial charge on any atom is -0.480 e. The molecule has 146 valence electrons. The van der Waals surface area contributed by atoms with E-state index in [1.807, 2.05) is 19.9 Å². The molecule has 0 radical (unpaired) electrons. The molecule has 3 aromatic rings. The number of carboxylic acids is 1. The van der Waals surface area contributed by atoms with Gasteiger partial charge in [0.1, 0.15) is 17.2 Å². The number of hydrogen-bond donors (Lipinski definition) is 1. The Kier molecular flexibility index (Phi) is 4.25. The van der Waals surface area contributed by atoms with Gasteiger partial charge in [0, 0.05) is 22.9 Å². The van der Waals surface area contributed by atoms with Crippen LogP contribution in [0.4, 0.5) is 0 Å². The second-order valence-corrected chi connectivity index (χ2v) is 7.43. The SMILES string of the molecule is Cc1coc2c(C)c3oc(=O)c(CC(=O)N4CCC[C@H]4C(=O)O)c(C)c3cc12. The van der Waals surface area contributed by atoms with Gasteiger partial charge in [0.2, 0.25) is 5.91 Å². The fourth-order valence-corrected chi connectivity index (χ4v) is 4.10. The Balaban J connectivity index is 1.80. The van der Waals surface area contributed by atoms with Crippen molar-refractivity contribution < 1.29 is 23.5 Å². The zero-order valence-electron chi connectivity index (χ0n) is 16.0. The van der Waals surface area contributed by atoms with Crippen molar-refractivity contribution in [3.63, 3.8) is 0 Å². The standard InChI is InChI=1S/C21H21NO6/c1-10-9-27-18-12(3)19-14(7-13(10)18)11(2)15(21(26)28-19)8-17(23)22-6-4-5-16(22)20(24)25/h7,9,16H,4-6,8H2,1-3H3,(H,24,25)/t16-/m0/s1. The number of fused-ring (bicyclic) bond motifs is 2. The molecular formula is C21H21NO6. The lowest BCUT2D eigenvalue weighted by Gasteiger charge is -2.21. The Bertz CT molecular complexity index is 1190. The number of benzene rings is 1. The van der Waals surface area contributed by atoms with Crippen LogP contribution in [0.1, 0.15) is 35.1 Å². The van der Waals surface area contributed by atoms with Crippen LogP contribution >= 0.6 is 0 Å². The predicted octanol–water partition coefficient (Wildman–Crippen LogP) is 3.08. The van der Waals surface area contributed by atoms with Gasteiger partial charge in [0.25, 0.3) is 0 Å². The first-order valence-electron chi connectivity index (χ1n) is 9.25. The van der Waals surface area contributed by atoms with Gasteiger partial charge in [-0.15, -0.1) is 0 Å². The Morgan fingerprint density at radius 3 is 2.64 bits per heavy atom. The van der Waals surface area contributed by atoms with E-state index < -0.39 is 17.6 Å². The number of rotatable bonds is 3. The largest absolute Gasteiger partial charge is 0.480 e. The average Bonchev–Trinajstić information content (AvgIpc) is 3.27. The van der Waals surface area contributed by atoms with Crippen LogP contribution in [0.2, 0.25) is 0 Å². The quantitative estimate of drug-likeness (QED) is 0.698. The molecule has 1 atom stereocenters. The third-order valence-electron chi connectivity index (χ3n) is 5.72. The molecule has 1 N–H and O–H groups in total. The van der Waals surface area contributed by atoms with E-state index in [1.54, 1.807) is 13.2 Å². The highest BCUT2D eigenvalue weighted by Crippen LogP contribution is 2.32. The number of aryl methyl sites for hydroxylation is 3. The maximum atomic E-state index is 12.7. The fourth-order valence-electron chi connectivity index (χ4n) is 4.10. The predicted molar refractivity (Wildman–Crippen MR) is 103 cm³/mol. The normalized spacial score (nSPS) is 17.0. The average molecular weight is 383 g/mol. The molecule has 2 aromatic heterocycles. The molecule has 1 aliphatic rings. The van der Waals surface area contributed by atoms with E-state index in [4.69, 9.17) is 8.83 Å². The van der Waals surface area contributed by atoms with Gasteiger partial charge >= 0.3 is 11.6 Å². The Morgan fingerprint density at radius 1 is 1.18 bits per heavy atom. The summed E-state index contributed by atoms with van der Waals surface area (Å²) in [6.45, 7) is 5.96. The van der Waals surface area contributed by atoms with E-state index in [0.717, 1.165) is 21.9 Å². The van der Waals surface area contributed by atoms with Crippen molar-refractivity contribution in [1.82, 2.24) is 4.90 Å². The van der Waals surface area contributed by atoms with Gasteiger partial charge in [-0.3, -0.25) is 4.79 Å². The van der Waals surface area contributed by atoms with Crippen molar-refractivity contribution in [3.8, 4) is 0 Å². The van der Waals surface area contributed by atoms with Gasteiger partial charge in [0.15, 0.2) is 0 Å². The number of carbonyl (C=O) groups excluding carboxylic acids is 1. The number of likely N-dealkylation sites (tertiary alicyclic amines) is 1. The third-order valence-corrected chi connectivity index (χ3v) is 5.72. The third kappa shape index (κ3) is 2.69. The van der Waals surface area contributed by atoms with Gasteiger partial charge in [-0.1, -0.05) is 0 Å². The van der Waals surface area contributed by atoms with Crippen molar-refractivity contribution in [2.75, 3.05) is 6.54 Å². The van der Waals surface area contributed by atoms with Crippen molar-refractivity contribution >= 4 is 33.8 Å². The Hall–Kier alpha value is -3.09. The topological polar surface area (TPSA) is 101 Å². The molecule has 0 aliphatic carbocycles. The van der Waals surface area contributed by atoms with Crippen LogP contribution in [-0.2, 0) is 16.0 Å². The second kappa shape index (κ2) is 6.51. The van der Waals surface area contributed by atoms with Crippen LogP contribution in [0.25, 0.3) is 21.9 Å². The maximum absolute atomic E-state index is 12.7. The molecule has 3 heterocycles. The second-order valence-electron chi connectivity index (χ2n) is 7.43. The molecule has 0 unspecified atom stereocenters. The molecule has 7 heteroatoms. The van der Waals surface area contributed by atoms with E-state index in [1.165, 1.54) is 4.90 Å². The van der Waals surface area contributed by atoms with E-state index in [-0.39, 0.29) is 17.9 Å². The molecule has 7 nitrogen and oxygen atoms in total. The number of aliphatic carboxylic acids is 1. The lowest BCUT2D eigenvalue weighted by atomic mass is 9.99. The van der Waals surface area contributed by atoms with Gasteiger partial charge in [-0.05, 0) is 50.8 Å². The molecule has 0 bridgehead atoms. The van der Waals surface area contributed by atoms with E-state index in [2.05, 4.69) is 0 Å². The molecule has 28 heavy (non-hydrogen) atoms. The van der Waals surface area contributed by atoms with Crippen LogP contribution in [0.3, 0.4) is 0 Å². The summed E-state index contributed by atoms with van der Waals surface area (Å²) in [5.74, 6) is -1.38. The summed E-state index contributed by atoms with van der Waals surface area (Å²) in [6, 6.07) is 1.09. The van der Waals surface area contributed by atoms with Gasteiger partial charge < -0.3 is 18.8 Å². The summed E-state index contributed by atoms with van der Waals surface area (Å²) in [5, 5.41) is 11.0. The number of amides is 1. The molecular weight excluding hydrogens is 362 g/mol. The van der Waals surface area contributed by atoms with Crippen molar-refractivity contribution in [2.24, 2.45) is 0 Å². The fraction of sp³-hybridized carbons (Fsp3) is 0.381. The highest BCUT2D eigenvalue weighted by molar-refractivity contribution is 6.00. The summed E-state index contributed by atoms with van der Waals surface area (Å²) in [4.78, 5) is 38.1. The summed E-state index contributed by atoms with van der Waals surface area (Å²) >= 11 is 0. The minimum absolute atomic E-state index is 0.171. The van der Waals surface area contributed by atoms with Crippen LogP contribution in [0, 0.1) is 20.8 Å². The summed E-state index contributed by atoms with van der Waals surface area (Å²) < 4.78 is 11.1. The zero-order chi connectivity index (χ0) is 20.2. The van der Waals surface area contributed by atoms with Crippen LogP contribution in [-0.4, -0.2) is 34.5 Å². The molecule has 0 spiro atoms. The zero-order valence-corrected chi connectivity index (χ0v) is 16.0. The van der Waals surface area contributed by atoms with Crippen LogP contribution < -0.4 is 5.63 Å². The summed E-state index contributed by atoms with van der Waals surface area (Å²) in [6.07, 6.45) is 2.57. The van der Waals surface area contributed by atoms with E-state index >= 15 is 0 Å². The number of carboxylic acid groups (broad SMARTS) is 1. The number of hydrogen-bond acceptors (Lipinski definition) is 5. The summed E-state index contributed by atoms with van der Waals surface area (Å²) in [5.41, 5.74) is 3.22. The van der Waals surface area contributed by atoms with Gasteiger partial charge in [-0.2, -0.15) is 0 Å². The first kappa shape index (κ1) is 18.3. The first-order chi connectivity index (χ1) is 13.3. The monoisotopic (exact) mass is 383 g/mol. The molecule has 1 aromatic carbocycles. The molecule has 1 amide bonds. The summed E-state index contributed by atoms with van der Waals surface area (Å²) in [7, 11) is 0. The van der Waals surface area contributed by atoms with Gasteiger partial charge in [-0.25, -0.2) is 9.59 Å². The highest BCUT2D eigenvalue weighted by atomic mass is 16.4. The van der Waals surface area contributed by atoms with Crippen molar-refractivity contribution in [1.29, 1.82) is 0 Å². The Morgan fingerprint density at radius 2 is 1.93 bits per heavy atom. The van der Waals surface area contributed by atoms with Gasteiger partial charge in [0.05, 0.1) is 18.2 Å². The van der Waals surface area contributed by atoms with Crippen molar-refractivity contribution in [3.05, 3.63) is 45.0 Å². The molecule has 1 aliphatic heterocycles. The Labute approximate surface area is 160 Å². The molecule has 1 saturated heterocycles. The first-order valence-corrected chi connectivity index (χ1v) is 9.25. The number of carbonyl (C=O) groups is 2. The van der Waals surface area contributed by atoms with E-state index in [0.29, 0.717) is 36.1 Å². The lowest BCUT2D eigenvalue weighted by Crippen LogP contribution is -2.41. The van der Waals surface area contributed by atoms with Crippen LogP contribution in [0.15, 0.2) is 26.0 Å². The smallest absolute Gasteiger partial charge is 0.340 e. The molecule has 4 rings (SSSR count). The molecule has 1 fully saturated rings. The van der Waals surface area contributed by atoms with Crippen molar-refractivity contribution in [2.45, 2.75) is 46.1 Å². The maximum Gasteiger partial charge on any atom is 0.340 e. The molecule has 0 saturated carbocycles. The highest BCUT2D eigenvalue weighted by Gasteiger charge is 2.34. The number of furan rings is 1. The van der Waals surface area contributed by atoms with E-state index in [9.17, 15) is 19.5 Å². The minimum atomic E-state index is -1.01. The lowest BCUT2D eigenvalue weighted by molar-refractivity contribution is -0.148.